The molecule has 6 heteroatoms. The number of fused-ring (bicyclic) bond motifs is 4. The standard InChI is InChI=1S/C24H28GeN.C21H19N2O.Ir/c1-25(2,3)23-17-26-24(16-20(23)15-18-9-4-5-10-18)22-14-8-12-19-11-6-7-13-21(19)22;1-13(2)14(3)15-8-9-22-18(10-15)16-11-20-21(23-12-16)17-6-4-5-7-19(17)24-20;/h6-8,11-13,16-18H,4-5,9-10,15H2,1-3H3;4-11,13-14H,1-3H3;/q2*-1;. The summed E-state index contributed by atoms with van der Waals surface area (Å²) in [6, 6.07) is 32.7. The van der Waals surface area contributed by atoms with Crippen LogP contribution >= 0.6 is 0 Å². The fourth-order valence-corrected chi connectivity index (χ4v) is 10.6. The Morgan fingerprint density at radius 3 is 2.33 bits per heavy atom. The average molecular weight is 911 g/mol. The van der Waals surface area contributed by atoms with Gasteiger partial charge >= 0.3 is 160 Å². The van der Waals surface area contributed by atoms with Crippen molar-refractivity contribution in [3.05, 3.63) is 121 Å². The molecule has 0 aliphatic heterocycles. The maximum atomic E-state index is 5.92. The van der Waals surface area contributed by atoms with E-state index in [0.29, 0.717) is 11.8 Å². The monoisotopic (exact) mass is 912 g/mol. The summed E-state index contributed by atoms with van der Waals surface area (Å²) in [4.78, 5) is 13.9. The third-order valence-electron chi connectivity index (χ3n) is 10.5. The number of hydrogen-bond acceptors (Lipinski definition) is 4. The van der Waals surface area contributed by atoms with Gasteiger partial charge in [0.1, 0.15) is 5.58 Å². The largest absolute Gasteiger partial charge is 0 e. The Kier molecular flexibility index (Phi) is 11.6. The Labute approximate surface area is 319 Å². The van der Waals surface area contributed by atoms with Crippen LogP contribution in [0.3, 0.4) is 0 Å². The minimum Gasteiger partial charge on any atom is 0 e. The van der Waals surface area contributed by atoms with Crippen molar-refractivity contribution >= 4 is 50.5 Å². The number of pyridine rings is 3. The molecule has 0 N–H and O–H groups in total. The van der Waals surface area contributed by atoms with E-state index in [1.807, 2.05) is 42.6 Å². The summed E-state index contributed by atoms with van der Waals surface area (Å²) in [5.74, 6) is 9.39. The molecule has 3 aromatic carbocycles. The number of aromatic nitrogens is 3. The number of nitrogens with zero attached hydrogens (tertiary/aromatic N) is 3. The van der Waals surface area contributed by atoms with Gasteiger partial charge in [0.2, 0.25) is 0 Å². The van der Waals surface area contributed by atoms with Gasteiger partial charge in [-0.1, -0.05) is 56.7 Å². The van der Waals surface area contributed by atoms with Crippen LogP contribution in [0.15, 0.2) is 102 Å². The Morgan fingerprint density at radius 1 is 0.824 bits per heavy atom. The fourth-order valence-electron chi connectivity index (χ4n) is 7.31. The summed E-state index contributed by atoms with van der Waals surface area (Å²) >= 11 is -1.93. The molecule has 1 saturated carbocycles. The molecule has 0 spiro atoms. The Balaban J connectivity index is 0.000000173. The third-order valence-corrected chi connectivity index (χ3v) is 14.8. The molecule has 263 valence electrons. The van der Waals surface area contributed by atoms with E-state index in [9.17, 15) is 0 Å². The topological polar surface area (TPSA) is 51.8 Å². The first-order valence-electron chi connectivity index (χ1n) is 18.2. The van der Waals surface area contributed by atoms with Crippen molar-refractivity contribution in [2.45, 2.75) is 76.1 Å². The third kappa shape index (κ3) is 8.22. The first-order valence-corrected chi connectivity index (χ1v) is 25.6. The van der Waals surface area contributed by atoms with E-state index < -0.39 is 13.3 Å². The maximum Gasteiger partial charge on any atom is 0 e. The quantitative estimate of drug-likeness (QED) is 0.118. The molecule has 1 radical (unpaired) electrons. The van der Waals surface area contributed by atoms with E-state index in [4.69, 9.17) is 9.40 Å². The Bertz CT molecular complexity index is 2260. The van der Waals surface area contributed by atoms with E-state index >= 15 is 0 Å². The van der Waals surface area contributed by atoms with E-state index in [1.54, 1.807) is 9.96 Å². The van der Waals surface area contributed by atoms with Crippen LogP contribution in [-0.2, 0) is 26.5 Å². The molecule has 0 saturated heterocycles. The minimum absolute atomic E-state index is 0. The van der Waals surface area contributed by atoms with E-state index in [-0.39, 0.29) is 20.1 Å². The fraction of sp³-hybridized carbons (Fsp3) is 0.311. The van der Waals surface area contributed by atoms with Gasteiger partial charge in [-0.05, 0) is 35.9 Å². The van der Waals surface area contributed by atoms with Crippen LogP contribution in [0, 0.1) is 24.1 Å². The van der Waals surface area contributed by atoms with E-state index in [1.165, 1.54) is 48.4 Å². The molecule has 0 amide bonds. The van der Waals surface area contributed by atoms with Gasteiger partial charge in [-0.3, -0.25) is 0 Å². The predicted octanol–water partition coefficient (Wildman–Crippen LogP) is 11.6. The first kappa shape index (κ1) is 37.1. The summed E-state index contributed by atoms with van der Waals surface area (Å²) < 4.78 is 7.50. The molecule has 7 aromatic rings. The Hall–Kier alpha value is -3.64. The second-order valence-electron chi connectivity index (χ2n) is 15.4. The van der Waals surface area contributed by atoms with Crippen LogP contribution < -0.4 is 4.40 Å². The number of para-hydroxylation sites is 1. The summed E-state index contributed by atoms with van der Waals surface area (Å²) in [6.45, 7) is 6.71. The molecule has 1 atom stereocenters. The normalized spacial score (nSPS) is 14.1. The second kappa shape index (κ2) is 15.9. The molecular weight excluding hydrogens is 863 g/mol. The molecule has 4 nitrogen and oxygen atoms in total. The van der Waals surface area contributed by atoms with Crippen LogP contribution in [0.5, 0.6) is 0 Å². The van der Waals surface area contributed by atoms with Crippen molar-refractivity contribution in [1.29, 1.82) is 0 Å². The molecule has 0 bridgehead atoms. The van der Waals surface area contributed by atoms with Gasteiger partial charge < -0.3 is 14.4 Å². The molecule has 1 unspecified atom stereocenters. The van der Waals surface area contributed by atoms with Gasteiger partial charge in [-0.15, -0.1) is 5.56 Å². The van der Waals surface area contributed by atoms with E-state index in [0.717, 1.165) is 50.5 Å². The summed E-state index contributed by atoms with van der Waals surface area (Å²) in [5, 5.41) is 3.53. The van der Waals surface area contributed by atoms with Crippen molar-refractivity contribution in [3.8, 4) is 22.5 Å². The smallest absolute Gasteiger partial charge is 0 e. The van der Waals surface area contributed by atoms with Crippen molar-refractivity contribution in [3.63, 3.8) is 0 Å². The van der Waals surface area contributed by atoms with Gasteiger partial charge in [-0.2, -0.15) is 0 Å². The molecule has 1 aliphatic carbocycles. The zero-order chi connectivity index (χ0) is 34.8. The van der Waals surface area contributed by atoms with Crippen molar-refractivity contribution < 1.29 is 24.5 Å². The molecule has 1 fully saturated rings. The van der Waals surface area contributed by atoms with Gasteiger partial charge in [0.25, 0.3) is 0 Å². The van der Waals surface area contributed by atoms with Crippen molar-refractivity contribution in [2.75, 3.05) is 0 Å². The molecule has 51 heavy (non-hydrogen) atoms. The predicted molar refractivity (Wildman–Crippen MR) is 211 cm³/mol. The van der Waals surface area contributed by atoms with Crippen LogP contribution in [0.4, 0.5) is 0 Å². The van der Waals surface area contributed by atoms with Crippen LogP contribution in [0.1, 0.15) is 63.5 Å². The van der Waals surface area contributed by atoms with Gasteiger partial charge in [0, 0.05) is 37.2 Å². The van der Waals surface area contributed by atoms with Gasteiger partial charge in [0.15, 0.2) is 0 Å². The number of rotatable bonds is 7. The van der Waals surface area contributed by atoms with Crippen LogP contribution in [-0.4, -0.2) is 28.2 Å². The molecular formula is C45H47GeIrN3O-2. The first-order chi connectivity index (χ1) is 24.2. The molecule has 4 heterocycles. The summed E-state index contributed by atoms with van der Waals surface area (Å²) in [7, 11) is 0. The molecule has 8 rings (SSSR count). The van der Waals surface area contributed by atoms with Gasteiger partial charge in [-0.25, -0.2) is 0 Å². The van der Waals surface area contributed by atoms with Crippen molar-refractivity contribution in [1.82, 2.24) is 15.0 Å². The number of benzene rings is 3. The van der Waals surface area contributed by atoms with E-state index in [2.05, 4.69) is 115 Å². The SMILES string of the molecule is CC(C)C(C)c1ccnc(-c2[c-]nc3c(c2)oc2ccccc23)c1.[CH3][Ge]([CH3])([CH3])[c]1cnc(-c2[c-]ccc3ccccc23)cc1CC1CCCC1.[Ir]. The maximum absolute atomic E-state index is 5.92. The number of hydrogen-bond donors (Lipinski definition) is 0. The number of furan rings is 1. The van der Waals surface area contributed by atoms with Crippen molar-refractivity contribution in [2.24, 2.45) is 11.8 Å². The zero-order valence-electron chi connectivity index (χ0n) is 30.6. The second-order valence-corrected chi connectivity index (χ2v) is 25.9. The Morgan fingerprint density at radius 2 is 1.57 bits per heavy atom. The molecule has 1 aliphatic rings. The summed E-state index contributed by atoms with van der Waals surface area (Å²) in [5.41, 5.74) is 9.29. The minimum atomic E-state index is -1.93. The zero-order valence-corrected chi connectivity index (χ0v) is 35.1. The molecule has 4 aromatic heterocycles. The van der Waals surface area contributed by atoms with Crippen LogP contribution in [0.25, 0.3) is 55.4 Å². The summed E-state index contributed by atoms with van der Waals surface area (Å²) in [6.07, 6.45) is 14.0. The van der Waals surface area contributed by atoms with Crippen LogP contribution in [0.2, 0.25) is 17.3 Å². The average Bonchev–Trinajstić information content (AvgIpc) is 3.78. The van der Waals surface area contributed by atoms with Gasteiger partial charge in [0.05, 0.1) is 5.58 Å².